The van der Waals surface area contributed by atoms with Crippen LogP contribution in [0.3, 0.4) is 0 Å². The summed E-state index contributed by atoms with van der Waals surface area (Å²) in [5, 5.41) is 7.85. The van der Waals surface area contributed by atoms with Crippen molar-refractivity contribution in [2.45, 2.75) is 6.61 Å². The smallest absolute Gasteiger partial charge is 0.357 e. The van der Waals surface area contributed by atoms with Crippen LogP contribution in [0.2, 0.25) is 0 Å². The highest BCUT2D eigenvalue weighted by Crippen LogP contribution is 2.40. The van der Waals surface area contributed by atoms with E-state index in [1.165, 1.54) is 27.5 Å². The van der Waals surface area contributed by atoms with Gasteiger partial charge < -0.3 is 23.4 Å². The molecule has 0 fully saturated rings. The van der Waals surface area contributed by atoms with Crippen LogP contribution in [0.5, 0.6) is 17.2 Å². The van der Waals surface area contributed by atoms with Crippen LogP contribution in [0.4, 0.5) is 0 Å². The maximum absolute atomic E-state index is 11.9. The minimum atomic E-state index is -0.580. The first-order valence-corrected chi connectivity index (χ1v) is 7.87. The quantitative estimate of drug-likeness (QED) is 0.579. The lowest BCUT2D eigenvalue weighted by atomic mass is 10.2. The van der Waals surface area contributed by atoms with Crippen molar-refractivity contribution in [3.63, 3.8) is 0 Å². The van der Waals surface area contributed by atoms with Gasteiger partial charge in [-0.3, -0.25) is 0 Å². The van der Waals surface area contributed by atoms with E-state index < -0.39 is 5.97 Å². The molecule has 0 unspecified atom stereocenters. The highest BCUT2D eigenvalue weighted by Gasteiger charge is 2.18. The van der Waals surface area contributed by atoms with Crippen LogP contribution in [0, 0.1) is 0 Å². The Morgan fingerprint density at radius 3 is 2.37 bits per heavy atom. The SMILES string of the molecule is COc1cc(-c2nnc(COC(=O)c3ccccn3)o2)cc(OC)c1OC. The minimum Gasteiger partial charge on any atom is -0.493 e. The summed E-state index contributed by atoms with van der Waals surface area (Å²) in [6.07, 6.45) is 1.51. The molecule has 3 rings (SSSR count). The van der Waals surface area contributed by atoms with Gasteiger partial charge in [-0.15, -0.1) is 10.2 Å². The average Bonchev–Trinajstić information content (AvgIpc) is 3.20. The van der Waals surface area contributed by atoms with Crippen LogP contribution in [0.15, 0.2) is 40.9 Å². The summed E-state index contributed by atoms with van der Waals surface area (Å²) in [6, 6.07) is 8.31. The lowest BCUT2D eigenvalue weighted by molar-refractivity contribution is 0.0431. The fourth-order valence-corrected chi connectivity index (χ4v) is 2.32. The molecular weight excluding hydrogens is 354 g/mol. The molecule has 0 N–H and O–H groups in total. The molecule has 0 aliphatic rings. The van der Waals surface area contributed by atoms with Crippen molar-refractivity contribution in [2.24, 2.45) is 0 Å². The Kier molecular flexibility index (Phi) is 5.50. The van der Waals surface area contributed by atoms with E-state index in [9.17, 15) is 4.79 Å². The predicted molar refractivity (Wildman–Crippen MR) is 92.7 cm³/mol. The summed E-state index contributed by atoms with van der Waals surface area (Å²) < 4.78 is 26.6. The molecule has 27 heavy (non-hydrogen) atoms. The second-order valence-corrected chi connectivity index (χ2v) is 5.21. The summed E-state index contributed by atoms with van der Waals surface area (Å²) in [5.74, 6) is 1.14. The van der Waals surface area contributed by atoms with E-state index in [0.717, 1.165) is 0 Å². The van der Waals surface area contributed by atoms with Crippen molar-refractivity contribution in [2.75, 3.05) is 21.3 Å². The van der Waals surface area contributed by atoms with Crippen molar-refractivity contribution >= 4 is 5.97 Å². The second kappa shape index (κ2) is 8.17. The number of hydrogen-bond donors (Lipinski definition) is 0. The summed E-state index contributed by atoms with van der Waals surface area (Å²) in [5.41, 5.74) is 0.765. The van der Waals surface area contributed by atoms with Gasteiger partial charge in [0.2, 0.25) is 11.6 Å². The number of rotatable bonds is 7. The van der Waals surface area contributed by atoms with Crippen LogP contribution in [-0.2, 0) is 11.3 Å². The van der Waals surface area contributed by atoms with E-state index in [1.54, 1.807) is 30.3 Å². The van der Waals surface area contributed by atoms with Crippen LogP contribution in [0.1, 0.15) is 16.4 Å². The highest BCUT2D eigenvalue weighted by molar-refractivity contribution is 5.87. The van der Waals surface area contributed by atoms with Gasteiger partial charge in [0.25, 0.3) is 5.89 Å². The fraction of sp³-hybridized carbons (Fsp3) is 0.222. The van der Waals surface area contributed by atoms with Crippen molar-refractivity contribution in [3.8, 4) is 28.7 Å². The van der Waals surface area contributed by atoms with Gasteiger partial charge in [0, 0.05) is 11.8 Å². The summed E-state index contributed by atoms with van der Waals surface area (Å²) >= 11 is 0. The molecule has 0 amide bonds. The van der Waals surface area contributed by atoms with E-state index in [-0.39, 0.29) is 24.1 Å². The van der Waals surface area contributed by atoms with Gasteiger partial charge in [-0.05, 0) is 24.3 Å². The first-order valence-electron chi connectivity index (χ1n) is 7.87. The third kappa shape index (κ3) is 3.97. The number of hydrogen-bond acceptors (Lipinski definition) is 9. The molecule has 0 aliphatic heterocycles. The van der Waals surface area contributed by atoms with E-state index in [4.69, 9.17) is 23.4 Å². The Morgan fingerprint density at radius 2 is 1.78 bits per heavy atom. The van der Waals surface area contributed by atoms with E-state index in [0.29, 0.717) is 22.8 Å². The Morgan fingerprint density at radius 1 is 1.04 bits per heavy atom. The standard InChI is InChI=1S/C18H17N3O6/c1-23-13-8-11(9-14(24-2)16(13)25-3)17-21-20-15(27-17)10-26-18(22)12-6-4-5-7-19-12/h4-9H,10H2,1-3H3. The van der Waals surface area contributed by atoms with Crippen LogP contribution in [-0.4, -0.2) is 42.5 Å². The molecule has 1 aromatic carbocycles. The number of pyridine rings is 1. The zero-order chi connectivity index (χ0) is 19.2. The summed E-state index contributed by atoms with van der Waals surface area (Å²) in [4.78, 5) is 15.8. The first-order chi connectivity index (χ1) is 13.2. The van der Waals surface area contributed by atoms with Crippen molar-refractivity contribution in [3.05, 3.63) is 48.1 Å². The summed E-state index contributed by atoms with van der Waals surface area (Å²) in [7, 11) is 4.54. The molecule has 0 spiro atoms. The lowest BCUT2D eigenvalue weighted by Crippen LogP contribution is -2.07. The van der Waals surface area contributed by atoms with Crippen molar-refractivity contribution in [1.82, 2.24) is 15.2 Å². The average molecular weight is 371 g/mol. The molecular formula is C18H17N3O6. The van der Waals surface area contributed by atoms with Gasteiger partial charge in [0.05, 0.1) is 21.3 Å². The van der Waals surface area contributed by atoms with Crippen molar-refractivity contribution < 1.29 is 28.2 Å². The maximum Gasteiger partial charge on any atom is 0.357 e. The van der Waals surface area contributed by atoms with Gasteiger partial charge >= 0.3 is 5.97 Å². The van der Waals surface area contributed by atoms with E-state index >= 15 is 0 Å². The number of benzene rings is 1. The first kappa shape index (κ1) is 18.2. The Hall–Kier alpha value is -3.62. The zero-order valence-electron chi connectivity index (χ0n) is 15.0. The monoisotopic (exact) mass is 371 g/mol. The fourth-order valence-electron chi connectivity index (χ4n) is 2.32. The number of aromatic nitrogens is 3. The van der Waals surface area contributed by atoms with Gasteiger partial charge in [0.15, 0.2) is 18.1 Å². The van der Waals surface area contributed by atoms with Crippen molar-refractivity contribution in [1.29, 1.82) is 0 Å². The van der Waals surface area contributed by atoms with Gasteiger partial charge in [0.1, 0.15) is 5.69 Å². The number of carbonyl (C=O) groups excluding carboxylic acids is 1. The van der Waals surface area contributed by atoms with Gasteiger partial charge in [-0.25, -0.2) is 9.78 Å². The number of ether oxygens (including phenoxy) is 4. The molecule has 9 nitrogen and oxygen atoms in total. The third-order valence-corrected chi connectivity index (χ3v) is 3.58. The van der Waals surface area contributed by atoms with Gasteiger partial charge in [-0.1, -0.05) is 6.07 Å². The number of carbonyl (C=O) groups is 1. The number of methoxy groups -OCH3 is 3. The molecule has 0 atom stereocenters. The molecule has 0 saturated carbocycles. The van der Waals surface area contributed by atoms with Gasteiger partial charge in [-0.2, -0.15) is 0 Å². The summed E-state index contributed by atoms with van der Waals surface area (Å²) in [6.45, 7) is -0.174. The topological polar surface area (TPSA) is 106 Å². The molecule has 0 bridgehead atoms. The van der Waals surface area contributed by atoms with Crippen LogP contribution >= 0.6 is 0 Å². The van der Waals surface area contributed by atoms with Crippen LogP contribution < -0.4 is 14.2 Å². The molecule has 2 heterocycles. The normalized spacial score (nSPS) is 10.3. The molecule has 3 aromatic rings. The second-order valence-electron chi connectivity index (χ2n) is 5.21. The van der Waals surface area contributed by atoms with E-state index in [2.05, 4.69) is 15.2 Å². The minimum absolute atomic E-state index is 0.142. The molecule has 2 aromatic heterocycles. The lowest BCUT2D eigenvalue weighted by Gasteiger charge is -2.12. The molecule has 9 heteroatoms. The molecule has 0 saturated heterocycles. The maximum atomic E-state index is 11.9. The Labute approximate surface area is 154 Å². The number of esters is 1. The predicted octanol–water partition coefficient (Wildman–Crippen LogP) is 2.51. The van der Waals surface area contributed by atoms with Crippen LogP contribution in [0.25, 0.3) is 11.5 Å². The highest BCUT2D eigenvalue weighted by atomic mass is 16.5. The largest absolute Gasteiger partial charge is 0.493 e. The number of nitrogens with zero attached hydrogens (tertiary/aromatic N) is 3. The molecule has 0 aliphatic carbocycles. The Balaban J connectivity index is 1.77. The van der Waals surface area contributed by atoms with E-state index in [1.807, 2.05) is 0 Å². The molecule has 0 radical (unpaired) electrons. The Bertz CT molecular complexity index is 901. The molecule has 140 valence electrons. The zero-order valence-corrected chi connectivity index (χ0v) is 15.0. The third-order valence-electron chi connectivity index (χ3n) is 3.58.